The summed E-state index contributed by atoms with van der Waals surface area (Å²) in [6, 6.07) is 3.62. The van der Waals surface area contributed by atoms with Gasteiger partial charge in [0.1, 0.15) is 11.3 Å². The van der Waals surface area contributed by atoms with Gasteiger partial charge in [0, 0.05) is 31.5 Å². The molecule has 1 heterocycles. The third kappa shape index (κ3) is 3.85. The zero-order valence-electron chi connectivity index (χ0n) is 11.7. The molecule has 0 saturated carbocycles. The van der Waals surface area contributed by atoms with Crippen molar-refractivity contribution < 1.29 is 24.5 Å². The second kappa shape index (κ2) is 6.45. The summed E-state index contributed by atoms with van der Waals surface area (Å²) in [7, 11) is 0. The Morgan fingerprint density at radius 1 is 1.43 bits per heavy atom. The van der Waals surface area contributed by atoms with Crippen molar-refractivity contribution in [2.45, 2.75) is 19.4 Å². The summed E-state index contributed by atoms with van der Waals surface area (Å²) in [6.07, 6.45) is 0.738. The van der Waals surface area contributed by atoms with Crippen LogP contribution in [0.3, 0.4) is 0 Å². The van der Waals surface area contributed by atoms with Gasteiger partial charge in [0.2, 0.25) is 0 Å². The predicted molar refractivity (Wildman–Crippen MR) is 75.7 cm³/mol. The summed E-state index contributed by atoms with van der Waals surface area (Å²) >= 11 is 0. The van der Waals surface area contributed by atoms with Gasteiger partial charge in [-0.3, -0.25) is 0 Å². The Hall–Kier alpha value is -2.28. The zero-order chi connectivity index (χ0) is 15.4. The first-order valence-electron chi connectivity index (χ1n) is 6.71. The maximum Gasteiger partial charge on any atom is 0.339 e. The summed E-state index contributed by atoms with van der Waals surface area (Å²) < 4.78 is 5.47. The number of urea groups is 1. The van der Waals surface area contributed by atoms with Crippen molar-refractivity contribution in [1.29, 1.82) is 0 Å². The number of rotatable bonds is 2. The smallest absolute Gasteiger partial charge is 0.339 e. The molecule has 2 rings (SSSR count). The van der Waals surface area contributed by atoms with Crippen LogP contribution in [-0.4, -0.2) is 52.9 Å². The second-order valence-corrected chi connectivity index (χ2v) is 4.95. The number of carbonyl (C=O) groups is 2. The maximum absolute atomic E-state index is 12.2. The Morgan fingerprint density at radius 3 is 2.86 bits per heavy atom. The summed E-state index contributed by atoms with van der Waals surface area (Å²) in [5.74, 6) is -1.60. The highest BCUT2D eigenvalue weighted by molar-refractivity contribution is 5.94. The van der Waals surface area contributed by atoms with Crippen LogP contribution in [0.5, 0.6) is 5.75 Å². The largest absolute Gasteiger partial charge is 0.507 e. The van der Waals surface area contributed by atoms with E-state index in [1.165, 1.54) is 18.2 Å². The van der Waals surface area contributed by atoms with Crippen molar-refractivity contribution >= 4 is 17.7 Å². The molecule has 1 aliphatic heterocycles. The zero-order valence-corrected chi connectivity index (χ0v) is 11.7. The average Bonchev–Trinajstić information content (AvgIpc) is 2.63. The number of amides is 2. The minimum absolute atomic E-state index is 0.0268. The molecule has 7 heteroatoms. The molecule has 0 bridgehead atoms. The fourth-order valence-electron chi connectivity index (χ4n) is 2.17. The molecule has 114 valence electrons. The average molecular weight is 294 g/mol. The number of anilines is 1. The van der Waals surface area contributed by atoms with Crippen LogP contribution in [0.1, 0.15) is 23.7 Å². The monoisotopic (exact) mass is 294 g/mol. The fourth-order valence-corrected chi connectivity index (χ4v) is 2.17. The predicted octanol–water partition coefficient (Wildman–Crippen LogP) is 1.73. The number of aromatic hydroxyl groups is 1. The van der Waals surface area contributed by atoms with E-state index in [2.05, 4.69) is 5.32 Å². The number of hydrogen-bond donors (Lipinski definition) is 3. The normalized spacial score (nSPS) is 18.9. The van der Waals surface area contributed by atoms with Crippen LogP contribution in [0.25, 0.3) is 0 Å². The van der Waals surface area contributed by atoms with Gasteiger partial charge in [-0.05, 0) is 25.5 Å². The van der Waals surface area contributed by atoms with Gasteiger partial charge in [0.15, 0.2) is 0 Å². The van der Waals surface area contributed by atoms with Crippen LogP contribution in [0.15, 0.2) is 18.2 Å². The molecule has 0 aliphatic carbocycles. The molecule has 1 aromatic rings. The van der Waals surface area contributed by atoms with E-state index in [-0.39, 0.29) is 23.4 Å². The number of carboxylic acids is 1. The van der Waals surface area contributed by atoms with Crippen LogP contribution < -0.4 is 5.32 Å². The van der Waals surface area contributed by atoms with E-state index in [4.69, 9.17) is 9.84 Å². The summed E-state index contributed by atoms with van der Waals surface area (Å²) in [6.45, 7) is 3.61. The number of carbonyl (C=O) groups excluding carboxylic acids is 1. The molecule has 1 aromatic carbocycles. The van der Waals surface area contributed by atoms with Gasteiger partial charge in [-0.15, -0.1) is 0 Å². The van der Waals surface area contributed by atoms with Crippen molar-refractivity contribution in [1.82, 2.24) is 4.90 Å². The van der Waals surface area contributed by atoms with Gasteiger partial charge in [-0.25, -0.2) is 9.59 Å². The van der Waals surface area contributed by atoms with Crippen LogP contribution >= 0.6 is 0 Å². The molecule has 0 aromatic heterocycles. The summed E-state index contributed by atoms with van der Waals surface area (Å²) in [4.78, 5) is 24.6. The molecule has 21 heavy (non-hydrogen) atoms. The molecule has 1 aliphatic rings. The lowest BCUT2D eigenvalue weighted by Gasteiger charge is -2.22. The summed E-state index contributed by atoms with van der Waals surface area (Å²) in [5.41, 5.74) is 0.144. The highest BCUT2D eigenvalue weighted by Gasteiger charge is 2.20. The van der Waals surface area contributed by atoms with Crippen molar-refractivity contribution in [2.75, 3.05) is 25.0 Å². The van der Waals surface area contributed by atoms with E-state index in [0.717, 1.165) is 6.42 Å². The van der Waals surface area contributed by atoms with Crippen molar-refractivity contribution in [3.63, 3.8) is 0 Å². The molecule has 1 atom stereocenters. The first kappa shape index (κ1) is 15.1. The first-order chi connectivity index (χ1) is 9.97. The van der Waals surface area contributed by atoms with Crippen LogP contribution in [0, 0.1) is 0 Å². The third-order valence-corrected chi connectivity index (χ3v) is 3.22. The Balaban J connectivity index is 2.05. The molecule has 2 amide bonds. The SMILES string of the molecule is CC1CN(C(=O)Nc2ccc(C(=O)O)c(O)c2)CCCO1. The summed E-state index contributed by atoms with van der Waals surface area (Å²) in [5, 5.41) is 21.1. The lowest BCUT2D eigenvalue weighted by atomic mass is 10.2. The maximum atomic E-state index is 12.2. The second-order valence-electron chi connectivity index (χ2n) is 4.95. The minimum Gasteiger partial charge on any atom is -0.507 e. The Morgan fingerprint density at radius 2 is 2.19 bits per heavy atom. The molecule has 0 radical (unpaired) electrons. The van der Waals surface area contributed by atoms with E-state index in [0.29, 0.717) is 25.4 Å². The molecule has 3 N–H and O–H groups in total. The third-order valence-electron chi connectivity index (χ3n) is 3.22. The number of aromatic carboxylic acids is 1. The van der Waals surface area contributed by atoms with Gasteiger partial charge in [0.05, 0.1) is 6.10 Å². The number of nitrogens with zero attached hydrogens (tertiary/aromatic N) is 1. The van der Waals surface area contributed by atoms with Crippen molar-refractivity contribution in [3.8, 4) is 5.75 Å². The molecular weight excluding hydrogens is 276 g/mol. The lowest BCUT2D eigenvalue weighted by molar-refractivity contribution is 0.0693. The number of nitrogens with one attached hydrogen (secondary N) is 1. The highest BCUT2D eigenvalue weighted by Crippen LogP contribution is 2.22. The molecule has 7 nitrogen and oxygen atoms in total. The van der Waals surface area contributed by atoms with Gasteiger partial charge in [-0.1, -0.05) is 0 Å². The molecule has 1 unspecified atom stereocenters. The number of phenols is 1. The van der Waals surface area contributed by atoms with Gasteiger partial charge >= 0.3 is 12.0 Å². The Labute approximate surface area is 122 Å². The topological polar surface area (TPSA) is 99.1 Å². The molecule has 1 saturated heterocycles. The minimum atomic E-state index is -1.22. The molecule has 1 fully saturated rings. The first-order valence-corrected chi connectivity index (χ1v) is 6.71. The fraction of sp³-hybridized carbons (Fsp3) is 0.429. The van der Waals surface area contributed by atoms with Crippen molar-refractivity contribution in [3.05, 3.63) is 23.8 Å². The number of benzene rings is 1. The lowest BCUT2D eigenvalue weighted by Crippen LogP contribution is -2.38. The van der Waals surface area contributed by atoms with Crippen LogP contribution in [0.4, 0.5) is 10.5 Å². The van der Waals surface area contributed by atoms with Gasteiger partial charge in [-0.2, -0.15) is 0 Å². The van der Waals surface area contributed by atoms with Gasteiger partial charge < -0.3 is 25.2 Å². The van der Waals surface area contributed by atoms with E-state index >= 15 is 0 Å². The van der Waals surface area contributed by atoms with Crippen molar-refractivity contribution in [2.24, 2.45) is 0 Å². The van der Waals surface area contributed by atoms with Crippen LogP contribution in [0.2, 0.25) is 0 Å². The quantitative estimate of drug-likeness (QED) is 0.771. The van der Waals surface area contributed by atoms with Gasteiger partial charge in [0.25, 0.3) is 0 Å². The van der Waals surface area contributed by atoms with E-state index < -0.39 is 5.97 Å². The molecule has 0 spiro atoms. The van der Waals surface area contributed by atoms with E-state index in [9.17, 15) is 14.7 Å². The van der Waals surface area contributed by atoms with E-state index in [1.807, 2.05) is 6.92 Å². The Bertz CT molecular complexity index is 546. The number of hydrogen-bond acceptors (Lipinski definition) is 4. The van der Waals surface area contributed by atoms with E-state index in [1.54, 1.807) is 4.90 Å². The highest BCUT2D eigenvalue weighted by atomic mass is 16.5. The molecular formula is C14H18N2O5. The standard InChI is InChI=1S/C14H18N2O5/c1-9-8-16(5-2-6-21-9)14(20)15-10-3-4-11(13(18)19)12(17)7-10/h3-4,7,9,17H,2,5-6,8H2,1H3,(H,15,20)(H,18,19). The Kier molecular flexibility index (Phi) is 4.64. The number of carboxylic acid groups (broad SMARTS) is 1. The van der Waals surface area contributed by atoms with Crippen LogP contribution in [-0.2, 0) is 4.74 Å². The number of ether oxygens (including phenoxy) is 1.